The molecule has 1 heterocycles. The van der Waals surface area contributed by atoms with E-state index in [9.17, 15) is 14.4 Å². The third-order valence-electron chi connectivity index (χ3n) is 5.60. The third-order valence-corrected chi connectivity index (χ3v) is 5.60. The van der Waals surface area contributed by atoms with Crippen molar-refractivity contribution in [1.29, 1.82) is 0 Å². The fourth-order valence-electron chi connectivity index (χ4n) is 3.97. The van der Waals surface area contributed by atoms with Crippen LogP contribution < -0.4 is 0 Å². The molecular weight excluding hydrogens is 362 g/mol. The van der Waals surface area contributed by atoms with Crippen LogP contribution in [0.3, 0.4) is 0 Å². The van der Waals surface area contributed by atoms with Gasteiger partial charge in [0.1, 0.15) is 0 Å². The Balaban J connectivity index is 1.50. The lowest BCUT2D eigenvalue weighted by Crippen LogP contribution is -2.50. The van der Waals surface area contributed by atoms with Crippen molar-refractivity contribution in [2.75, 3.05) is 6.54 Å². The highest BCUT2D eigenvalue weighted by Gasteiger charge is 2.34. The summed E-state index contributed by atoms with van der Waals surface area (Å²) in [5.74, 6) is -0.967. The summed E-state index contributed by atoms with van der Waals surface area (Å²) in [6.45, 7) is 0.488. The van der Waals surface area contributed by atoms with Crippen LogP contribution in [0.25, 0.3) is 0 Å². The topological polar surface area (TPSA) is 54.5 Å². The number of likely N-dealkylation sites (tertiary alicyclic amines) is 1. The number of benzene rings is 2. The lowest BCUT2D eigenvalue weighted by molar-refractivity contribution is -0.137. The SMILES string of the molecule is O=C(C(=O)N1CCCCC1C(=O)CCCCCc1ccccc1)c1ccccc1. The van der Waals surface area contributed by atoms with Crippen LogP contribution >= 0.6 is 0 Å². The van der Waals surface area contributed by atoms with E-state index in [1.54, 1.807) is 24.3 Å². The molecule has 29 heavy (non-hydrogen) atoms. The molecule has 0 saturated carbocycles. The first-order valence-electron chi connectivity index (χ1n) is 10.6. The van der Waals surface area contributed by atoms with Crippen LogP contribution in [0.2, 0.25) is 0 Å². The molecule has 1 aliphatic rings. The van der Waals surface area contributed by atoms with Crippen LogP contribution in [0.1, 0.15) is 60.9 Å². The molecule has 1 fully saturated rings. The Hall–Kier alpha value is -2.75. The van der Waals surface area contributed by atoms with Gasteiger partial charge >= 0.3 is 0 Å². The van der Waals surface area contributed by atoms with E-state index in [2.05, 4.69) is 12.1 Å². The number of aryl methyl sites for hydroxylation is 1. The predicted molar refractivity (Wildman–Crippen MR) is 114 cm³/mol. The van der Waals surface area contributed by atoms with Gasteiger partial charge in [-0.1, -0.05) is 67.1 Å². The molecule has 152 valence electrons. The van der Waals surface area contributed by atoms with Crippen molar-refractivity contribution in [3.63, 3.8) is 0 Å². The molecule has 1 saturated heterocycles. The molecule has 0 bridgehead atoms. The van der Waals surface area contributed by atoms with Gasteiger partial charge in [-0.3, -0.25) is 14.4 Å². The minimum atomic E-state index is -0.543. The van der Waals surface area contributed by atoms with Gasteiger partial charge in [0.25, 0.3) is 5.91 Å². The van der Waals surface area contributed by atoms with Crippen LogP contribution in [0.5, 0.6) is 0 Å². The van der Waals surface area contributed by atoms with E-state index in [0.717, 1.165) is 38.5 Å². The first-order valence-corrected chi connectivity index (χ1v) is 10.6. The van der Waals surface area contributed by atoms with Gasteiger partial charge in [-0.2, -0.15) is 0 Å². The van der Waals surface area contributed by atoms with Gasteiger partial charge in [0.2, 0.25) is 5.78 Å². The first-order chi connectivity index (χ1) is 14.2. The summed E-state index contributed by atoms with van der Waals surface area (Å²) >= 11 is 0. The van der Waals surface area contributed by atoms with E-state index in [-0.39, 0.29) is 5.78 Å². The molecule has 2 aromatic rings. The molecule has 0 aliphatic carbocycles. The molecule has 3 rings (SSSR count). The number of piperidine rings is 1. The maximum atomic E-state index is 12.8. The van der Waals surface area contributed by atoms with E-state index in [4.69, 9.17) is 0 Å². The standard InChI is InChI=1S/C25H29NO3/c27-23(18-9-2-6-14-20-12-4-1-5-13-20)22-17-10-11-19-26(22)25(29)24(28)21-15-7-3-8-16-21/h1,3-5,7-8,12-13,15-16,22H,2,6,9-11,14,17-19H2. The van der Waals surface area contributed by atoms with Gasteiger partial charge in [0.15, 0.2) is 5.78 Å². The molecule has 1 aliphatic heterocycles. The van der Waals surface area contributed by atoms with E-state index in [1.165, 1.54) is 10.5 Å². The van der Waals surface area contributed by atoms with Gasteiger partial charge in [-0.25, -0.2) is 0 Å². The molecule has 0 spiro atoms. The Morgan fingerprint density at radius 1 is 0.828 bits per heavy atom. The van der Waals surface area contributed by atoms with Crippen molar-refractivity contribution in [2.24, 2.45) is 0 Å². The lowest BCUT2D eigenvalue weighted by atomic mass is 9.94. The Kier molecular flexibility index (Phi) is 7.74. The summed E-state index contributed by atoms with van der Waals surface area (Å²) in [5.41, 5.74) is 1.71. The van der Waals surface area contributed by atoms with Crippen molar-refractivity contribution in [2.45, 2.75) is 57.4 Å². The second-order valence-electron chi connectivity index (χ2n) is 7.72. The fraction of sp³-hybridized carbons (Fsp3) is 0.400. The number of unbranched alkanes of at least 4 members (excludes halogenated alkanes) is 2. The summed E-state index contributed by atoms with van der Waals surface area (Å²) in [6, 6.07) is 18.5. The van der Waals surface area contributed by atoms with Crippen LogP contribution in [-0.2, 0) is 16.0 Å². The van der Waals surface area contributed by atoms with E-state index in [1.807, 2.05) is 24.3 Å². The Morgan fingerprint density at radius 3 is 2.24 bits per heavy atom. The lowest BCUT2D eigenvalue weighted by Gasteiger charge is -2.34. The number of nitrogens with zero attached hydrogens (tertiary/aromatic N) is 1. The minimum absolute atomic E-state index is 0.0959. The normalized spacial score (nSPS) is 16.4. The number of hydrogen-bond donors (Lipinski definition) is 0. The van der Waals surface area contributed by atoms with Crippen molar-refractivity contribution in [3.8, 4) is 0 Å². The maximum Gasteiger partial charge on any atom is 0.295 e. The van der Waals surface area contributed by atoms with Crippen LogP contribution in [0, 0.1) is 0 Å². The molecule has 1 amide bonds. The summed E-state index contributed by atoms with van der Waals surface area (Å²) < 4.78 is 0. The zero-order valence-electron chi connectivity index (χ0n) is 16.9. The Labute approximate surface area is 172 Å². The van der Waals surface area contributed by atoms with Crippen LogP contribution in [0.15, 0.2) is 60.7 Å². The number of rotatable bonds is 9. The fourth-order valence-corrected chi connectivity index (χ4v) is 3.97. The largest absolute Gasteiger partial charge is 0.326 e. The first kappa shape index (κ1) is 21.0. The van der Waals surface area contributed by atoms with Gasteiger partial charge in [0.05, 0.1) is 6.04 Å². The number of carbonyl (C=O) groups excluding carboxylic acids is 3. The molecule has 0 N–H and O–H groups in total. The van der Waals surface area contributed by atoms with Crippen molar-refractivity contribution >= 4 is 17.5 Å². The highest BCUT2D eigenvalue weighted by atomic mass is 16.2. The summed E-state index contributed by atoms with van der Waals surface area (Å²) in [6.07, 6.45) is 6.80. The number of amides is 1. The van der Waals surface area contributed by atoms with Crippen molar-refractivity contribution in [1.82, 2.24) is 4.90 Å². The van der Waals surface area contributed by atoms with Gasteiger partial charge in [0, 0.05) is 18.5 Å². The predicted octanol–water partition coefficient (Wildman–Crippen LogP) is 4.62. The van der Waals surface area contributed by atoms with Gasteiger partial charge in [-0.05, 0) is 44.1 Å². The molecule has 1 unspecified atom stereocenters. The summed E-state index contributed by atoms with van der Waals surface area (Å²) in [4.78, 5) is 39.6. The van der Waals surface area contributed by atoms with E-state index in [0.29, 0.717) is 24.9 Å². The molecule has 4 heteroatoms. The molecular formula is C25H29NO3. The molecule has 2 aromatic carbocycles. The minimum Gasteiger partial charge on any atom is -0.326 e. The molecule has 0 radical (unpaired) electrons. The number of Topliss-reactive ketones (excluding diaryl/α,β-unsaturated/α-hetero) is 2. The molecule has 1 atom stereocenters. The summed E-state index contributed by atoms with van der Waals surface area (Å²) in [7, 11) is 0. The van der Waals surface area contributed by atoms with E-state index < -0.39 is 17.7 Å². The quantitative estimate of drug-likeness (QED) is 0.356. The van der Waals surface area contributed by atoms with Crippen molar-refractivity contribution < 1.29 is 14.4 Å². The van der Waals surface area contributed by atoms with Crippen molar-refractivity contribution in [3.05, 3.63) is 71.8 Å². The van der Waals surface area contributed by atoms with E-state index >= 15 is 0 Å². The second kappa shape index (κ2) is 10.7. The molecule has 0 aromatic heterocycles. The number of ketones is 2. The average molecular weight is 392 g/mol. The highest BCUT2D eigenvalue weighted by Crippen LogP contribution is 2.21. The third kappa shape index (κ3) is 5.86. The van der Waals surface area contributed by atoms with Gasteiger partial charge in [-0.15, -0.1) is 0 Å². The number of carbonyl (C=O) groups is 3. The number of hydrogen-bond acceptors (Lipinski definition) is 3. The smallest absolute Gasteiger partial charge is 0.295 e. The zero-order valence-corrected chi connectivity index (χ0v) is 16.9. The maximum absolute atomic E-state index is 12.8. The van der Waals surface area contributed by atoms with Crippen LogP contribution in [0.4, 0.5) is 0 Å². The van der Waals surface area contributed by atoms with Gasteiger partial charge < -0.3 is 4.90 Å². The Bertz CT molecular complexity index is 816. The zero-order chi connectivity index (χ0) is 20.5. The monoisotopic (exact) mass is 391 g/mol. The second-order valence-corrected chi connectivity index (χ2v) is 7.72. The molecule has 4 nitrogen and oxygen atoms in total. The average Bonchev–Trinajstić information content (AvgIpc) is 2.79. The summed E-state index contributed by atoms with van der Waals surface area (Å²) in [5, 5.41) is 0. The Morgan fingerprint density at radius 2 is 1.52 bits per heavy atom. The van der Waals surface area contributed by atoms with Crippen LogP contribution in [-0.4, -0.2) is 35.0 Å². The highest BCUT2D eigenvalue weighted by molar-refractivity contribution is 6.43.